The maximum absolute atomic E-state index is 5.72. The van der Waals surface area contributed by atoms with Gasteiger partial charge in [-0.1, -0.05) is 6.92 Å². The molecule has 0 radical (unpaired) electrons. The van der Waals surface area contributed by atoms with Crippen molar-refractivity contribution < 1.29 is 4.74 Å². The van der Waals surface area contributed by atoms with Gasteiger partial charge in [-0.05, 0) is 57.2 Å². The molecular formula is C15H24N2O. The van der Waals surface area contributed by atoms with E-state index in [1.807, 2.05) is 27.1 Å². The Kier molecular flexibility index (Phi) is 4.23. The summed E-state index contributed by atoms with van der Waals surface area (Å²) >= 11 is 0. The monoisotopic (exact) mass is 248 g/mol. The molecule has 0 amide bonds. The normalized spacial score (nSPS) is 18.7. The van der Waals surface area contributed by atoms with Crippen molar-refractivity contribution in [1.82, 2.24) is 10.3 Å². The van der Waals surface area contributed by atoms with Gasteiger partial charge in [0.05, 0.1) is 12.3 Å². The van der Waals surface area contributed by atoms with Gasteiger partial charge in [0.2, 0.25) is 0 Å². The van der Waals surface area contributed by atoms with Gasteiger partial charge in [0, 0.05) is 12.2 Å². The standard InChI is InChI=1S/C15H24N2O/c1-10(2)18-14-7-13(8-17-9-14)15(16-4)11(3)12-5-6-12/h7-12,15-16H,5-6H2,1-4H3. The Balaban J connectivity index is 2.14. The molecule has 0 aromatic carbocycles. The van der Waals surface area contributed by atoms with E-state index in [2.05, 4.69) is 23.3 Å². The molecule has 2 unspecified atom stereocenters. The summed E-state index contributed by atoms with van der Waals surface area (Å²) in [6.45, 7) is 6.40. The highest BCUT2D eigenvalue weighted by molar-refractivity contribution is 5.27. The zero-order valence-corrected chi connectivity index (χ0v) is 11.8. The van der Waals surface area contributed by atoms with Crippen LogP contribution in [0.2, 0.25) is 0 Å². The predicted molar refractivity (Wildman–Crippen MR) is 73.7 cm³/mol. The highest BCUT2D eigenvalue weighted by atomic mass is 16.5. The molecule has 0 saturated heterocycles. The van der Waals surface area contributed by atoms with Gasteiger partial charge in [0.25, 0.3) is 0 Å². The third kappa shape index (κ3) is 3.22. The van der Waals surface area contributed by atoms with Crippen LogP contribution in [-0.2, 0) is 0 Å². The number of nitrogens with one attached hydrogen (secondary N) is 1. The van der Waals surface area contributed by atoms with Crippen LogP contribution in [0.25, 0.3) is 0 Å². The number of nitrogens with zero attached hydrogens (tertiary/aromatic N) is 1. The number of rotatable bonds is 6. The summed E-state index contributed by atoms with van der Waals surface area (Å²) in [5, 5.41) is 3.42. The molecule has 100 valence electrons. The second kappa shape index (κ2) is 5.70. The average Bonchev–Trinajstić information content (AvgIpc) is 3.13. The quantitative estimate of drug-likeness (QED) is 0.839. The van der Waals surface area contributed by atoms with Gasteiger partial charge in [0.15, 0.2) is 0 Å². The lowest BCUT2D eigenvalue weighted by Crippen LogP contribution is -2.25. The smallest absolute Gasteiger partial charge is 0.138 e. The predicted octanol–water partition coefficient (Wildman–Crippen LogP) is 3.18. The summed E-state index contributed by atoms with van der Waals surface area (Å²) in [5.41, 5.74) is 1.23. The van der Waals surface area contributed by atoms with Crippen LogP contribution < -0.4 is 10.1 Å². The molecule has 2 rings (SSSR count). The van der Waals surface area contributed by atoms with Crippen LogP contribution in [0.5, 0.6) is 5.75 Å². The van der Waals surface area contributed by atoms with Crippen molar-refractivity contribution in [2.24, 2.45) is 11.8 Å². The third-order valence-electron chi connectivity index (χ3n) is 3.67. The van der Waals surface area contributed by atoms with E-state index in [9.17, 15) is 0 Å². The van der Waals surface area contributed by atoms with E-state index in [0.29, 0.717) is 12.0 Å². The molecule has 1 saturated carbocycles. The largest absolute Gasteiger partial charge is 0.489 e. The molecule has 1 aliphatic rings. The minimum Gasteiger partial charge on any atom is -0.489 e. The van der Waals surface area contributed by atoms with Gasteiger partial charge in [-0.3, -0.25) is 4.98 Å². The lowest BCUT2D eigenvalue weighted by Gasteiger charge is -2.24. The number of ether oxygens (including phenoxy) is 1. The SMILES string of the molecule is CNC(c1cncc(OC(C)C)c1)C(C)C1CC1. The van der Waals surface area contributed by atoms with Crippen LogP contribution in [0.4, 0.5) is 0 Å². The fourth-order valence-corrected chi connectivity index (χ4v) is 2.57. The first kappa shape index (κ1) is 13.3. The van der Waals surface area contributed by atoms with Crippen molar-refractivity contribution in [1.29, 1.82) is 0 Å². The summed E-state index contributed by atoms with van der Waals surface area (Å²) in [6, 6.07) is 2.49. The summed E-state index contributed by atoms with van der Waals surface area (Å²) in [7, 11) is 2.03. The minimum absolute atomic E-state index is 0.191. The zero-order valence-electron chi connectivity index (χ0n) is 11.8. The number of aromatic nitrogens is 1. The first-order valence-electron chi connectivity index (χ1n) is 6.90. The number of hydrogen-bond donors (Lipinski definition) is 1. The third-order valence-corrected chi connectivity index (χ3v) is 3.67. The molecule has 0 bridgehead atoms. The van der Waals surface area contributed by atoms with E-state index in [1.165, 1.54) is 18.4 Å². The van der Waals surface area contributed by atoms with Crippen LogP contribution in [0, 0.1) is 11.8 Å². The first-order chi connectivity index (χ1) is 8.61. The van der Waals surface area contributed by atoms with E-state index in [0.717, 1.165) is 11.7 Å². The van der Waals surface area contributed by atoms with Crippen molar-refractivity contribution in [3.8, 4) is 5.75 Å². The van der Waals surface area contributed by atoms with Crippen LogP contribution in [0.3, 0.4) is 0 Å². The molecule has 18 heavy (non-hydrogen) atoms. The van der Waals surface area contributed by atoms with Crippen molar-refractivity contribution in [2.75, 3.05) is 7.05 Å². The van der Waals surface area contributed by atoms with Gasteiger partial charge in [-0.25, -0.2) is 0 Å². The highest BCUT2D eigenvalue weighted by Crippen LogP contribution is 2.42. The molecule has 1 heterocycles. The summed E-state index contributed by atoms with van der Waals surface area (Å²) < 4.78 is 5.72. The molecule has 1 aromatic heterocycles. The second-order valence-electron chi connectivity index (χ2n) is 5.58. The van der Waals surface area contributed by atoms with Gasteiger partial charge in [0.1, 0.15) is 5.75 Å². The van der Waals surface area contributed by atoms with Gasteiger partial charge >= 0.3 is 0 Å². The fraction of sp³-hybridized carbons (Fsp3) is 0.667. The molecule has 3 nitrogen and oxygen atoms in total. The van der Waals surface area contributed by atoms with Crippen LogP contribution >= 0.6 is 0 Å². The Bertz CT molecular complexity index is 388. The average molecular weight is 248 g/mol. The van der Waals surface area contributed by atoms with E-state index in [4.69, 9.17) is 4.74 Å². The molecule has 1 N–H and O–H groups in total. The Labute approximate surface area is 110 Å². The van der Waals surface area contributed by atoms with Crippen molar-refractivity contribution in [3.05, 3.63) is 24.0 Å². The van der Waals surface area contributed by atoms with Gasteiger partial charge in [-0.2, -0.15) is 0 Å². The second-order valence-corrected chi connectivity index (χ2v) is 5.58. The molecule has 0 aliphatic heterocycles. The van der Waals surface area contributed by atoms with Crippen LogP contribution in [-0.4, -0.2) is 18.1 Å². The van der Waals surface area contributed by atoms with Crippen molar-refractivity contribution >= 4 is 0 Å². The molecule has 1 aliphatic carbocycles. The first-order valence-corrected chi connectivity index (χ1v) is 6.90. The summed E-state index contributed by atoms with van der Waals surface area (Å²) in [6.07, 6.45) is 6.67. The lowest BCUT2D eigenvalue weighted by molar-refractivity contribution is 0.240. The topological polar surface area (TPSA) is 34.2 Å². The Morgan fingerprint density at radius 2 is 2.00 bits per heavy atom. The van der Waals surface area contributed by atoms with Crippen molar-refractivity contribution in [3.63, 3.8) is 0 Å². The van der Waals surface area contributed by atoms with E-state index < -0.39 is 0 Å². The number of pyridine rings is 1. The highest BCUT2D eigenvalue weighted by Gasteiger charge is 2.33. The van der Waals surface area contributed by atoms with Gasteiger partial charge < -0.3 is 10.1 Å². The maximum atomic E-state index is 5.72. The Hall–Kier alpha value is -1.09. The van der Waals surface area contributed by atoms with Crippen molar-refractivity contribution in [2.45, 2.75) is 45.8 Å². The lowest BCUT2D eigenvalue weighted by atomic mass is 9.91. The molecular weight excluding hydrogens is 224 g/mol. The molecule has 2 atom stereocenters. The molecule has 3 heteroatoms. The summed E-state index contributed by atoms with van der Waals surface area (Å²) in [4.78, 5) is 4.30. The molecule has 0 spiro atoms. The van der Waals surface area contributed by atoms with Crippen LogP contribution in [0.1, 0.15) is 45.2 Å². The number of hydrogen-bond acceptors (Lipinski definition) is 3. The summed E-state index contributed by atoms with van der Waals surface area (Å²) in [5.74, 6) is 2.40. The maximum Gasteiger partial charge on any atom is 0.138 e. The Morgan fingerprint density at radius 1 is 1.28 bits per heavy atom. The van der Waals surface area contributed by atoms with E-state index in [1.54, 1.807) is 6.20 Å². The minimum atomic E-state index is 0.191. The van der Waals surface area contributed by atoms with Crippen LogP contribution in [0.15, 0.2) is 18.5 Å². The van der Waals surface area contributed by atoms with E-state index in [-0.39, 0.29) is 6.10 Å². The molecule has 1 aromatic rings. The zero-order chi connectivity index (χ0) is 13.1. The molecule has 1 fully saturated rings. The van der Waals surface area contributed by atoms with Gasteiger partial charge in [-0.15, -0.1) is 0 Å². The Morgan fingerprint density at radius 3 is 2.56 bits per heavy atom. The fourth-order valence-electron chi connectivity index (χ4n) is 2.57. The van der Waals surface area contributed by atoms with E-state index >= 15 is 0 Å².